The number of hydrazone groups is 1. The van der Waals surface area contributed by atoms with Crippen LogP contribution in [0.25, 0.3) is 0 Å². The molecule has 7 nitrogen and oxygen atoms in total. The van der Waals surface area contributed by atoms with E-state index in [1.54, 1.807) is 18.2 Å². The number of anilines is 1. The monoisotopic (exact) mass is 400 g/mol. The molecule has 2 heterocycles. The topological polar surface area (TPSA) is 98.8 Å². The second-order valence-corrected chi connectivity index (χ2v) is 6.01. The zero-order chi connectivity index (χ0) is 18.0. The molecule has 0 radical (unpaired) electrons. The molecule has 1 aliphatic rings. The van der Waals surface area contributed by atoms with Gasteiger partial charge in [0.1, 0.15) is 18.2 Å². The summed E-state index contributed by atoms with van der Waals surface area (Å²) in [6, 6.07) is 5.27. The van der Waals surface area contributed by atoms with Crippen molar-refractivity contribution in [2.24, 2.45) is 5.10 Å². The van der Waals surface area contributed by atoms with Crippen molar-refractivity contribution >= 4 is 52.6 Å². The summed E-state index contributed by atoms with van der Waals surface area (Å²) in [6.45, 7) is 0.990. The number of nitrogens with one attached hydrogen (secondary N) is 1. The first kappa shape index (κ1) is 17.6. The lowest BCUT2D eigenvalue weighted by Crippen LogP contribution is -2.20. The molecule has 1 amide bonds. The number of benzene rings is 1. The van der Waals surface area contributed by atoms with Gasteiger partial charge in [-0.1, -0.05) is 34.8 Å². The molecule has 3 N–H and O–H groups in total. The predicted molar refractivity (Wildman–Crippen MR) is 96.2 cm³/mol. The number of nitrogen functional groups attached to an aromatic ring is 1. The number of ether oxygens (including phenoxy) is 2. The number of halogens is 3. The van der Waals surface area contributed by atoms with Gasteiger partial charge < -0.3 is 15.2 Å². The van der Waals surface area contributed by atoms with E-state index in [4.69, 9.17) is 50.0 Å². The highest BCUT2D eigenvalue weighted by atomic mass is 35.5. The van der Waals surface area contributed by atoms with Crippen LogP contribution in [0.5, 0.6) is 11.5 Å². The summed E-state index contributed by atoms with van der Waals surface area (Å²) in [5.41, 5.74) is 8.48. The molecule has 2 aromatic rings. The van der Waals surface area contributed by atoms with Crippen LogP contribution in [0.4, 0.5) is 5.69 Å². The van der Waals surface area contributed by atoms with Gasteiger partial charge in [-0.05, 0) is 23.8 Å². The highest BCUT2D eigenvalue weighted by Crippen LogP contribution is 2.34. The number of amides is 1. The van der Waals surface area contributed by atoms with Crippen LogP contribution in [-0.2, 0) is 0 Å². The molecule has 10 heteroatoms. The Morgan fingerprint density at radius 3 is 2.68 bits per heavy atom. The Bertz CT molecular complexity index is 874. The normalized spacial score (nSPS) is 13.1. The minimum atomic E-state index is -0.677. The smallest absolute Gasteiger partial charge is 0.291 e. The average Bonchev–Trinajstić information content (AvgIpc) is 2.62. The number of hydrogen-bond acceptors (Lipinski definition) is 6. The minimum absolute atomic E-state index is 0.0111. The van der Waals surface area contributed by atoms with E-state index >= 15 is 0 Å². The molecular formula is C15H11Cl3N4O3. The second-order valence-electron chi connectivity index (χ2n) is 4.90. The zero-order valence-corrected chi connectivity index (χ0v) is 14.8. The number of aromatic nitrogens is 1. The molecule has 1 aliphatic heterocycles. The van der Waals surface area contributed by atoms with Crippen LogP contribution >= 0.6 is 34.8 Å². The van der Waals surface area contributed by atoms with E-state index in [-0.39, 0.29) is 26.6 Å². The van der Waals surface area contributed by atoms with Gasteiger partial charge in [0.05, 0.1) is 16.9 Å². The quantitative estimate of drug-likeness (QED) is 0.467. The molecule has 130 valence electrons. The molecule has 0 aliphatic carbocycles. The van der Waals surface area contributed by atoms with Crippen molar-refractivity contribution in [1.82, 2.24) is 10.4 Å². The van der Waals surface area contributed by atoms with Crippen LogP contribution in [0.1, 0.15) is 16.1 Å². The van der Waals surface area contributed by atoms with Crippen molar-refractivity contribution < 1.29 is 14.3 Å². The largest absolute Gasteiger partial charge is 0.486 e. The van der Waals surface area contributed by atoms with Gasteiger partial charge in [-0.15, -0.1) is 0 Å². The summed E-state index contributed by atoms with van der Waals surface area (Å²) in [5, 5.41) is 3.63. The molecular weight excluding hydrogens is 391 g/mol. The molecule has 1 aromatic carbocycles. The molecule has 1 aromatic heterocycles. The molecule has 3 rings (SSSR count). The van der Waals surface area contributed by atoms with E-state index in [1.807, 2.05) is 0 Å². The maximum Gasteiger partial charge on any atom is 0.291 e. The minimum Gasteiger partial charge on any atom is -0.486 e. The average molecular weight is 402 g/mol. The van der Waals surface area contributed by atoms with Crippen LogP contribution in [0.2, 0.25) is 15.2 Å². The highest BCUT2D eigenvalue weighted by molar-refractivity contribution is 6.46. The fourth-order valence-corrected chi connectivity index (χ4v) is 2.63. The van der Waals surface area contributed by atoms with E-state index in [1.165, 1.54) is 6.21 Å². The standard InChI is InChI=1S/C15H11Cl3N4O3/c16-10-12(19)11(17)14(18)21-13(10)15(23)22-20-6-7-1-2-8-9(5-7)25-4-3-24-8/h1-2,5-6H,3-4H2,(H2,19,21)(H,22,23)/b20-6-. The Labute approximate surface area is 157 Å². The lowest BCUT2D eigenvalue weighted by Gasteiger charge is -2.18. The first-order valence-electron chi connectivity index (χ1n) is 7.00. The maximum atomic E-state index is 12.1. The summed E-state index contributed by atoms with van der Waals surface area (Å²) < 4.78 is 10.9. The van der Waals surface area contributed by atoms with Gasteiger partial charge >= 0.3 is 0 Å². The number of rotatable bonds is 3. The lowest BCUT2D eigenvalue weighted by molar-refractivity contribution is 0.0950. The number of fused-ring (bicyclic) bond motifs is 1. The first-order valence-corrected chi connectivity index (χ1v) is 8.13. The van der Waals surface area contributed by atoms with Gasteiger partial charge in [-0.25, -0.2) is 10.4 Å². The number of carbonyl (C=O) groups excluding carboxylic acids is 1. The van der Waals surface area contributed by atoms with Gasteiger partial charge in [0.2, 0.25) is 0 Å². The predicted octanol–water partition coefficient (Wildman–Crippen LogP) is 3.16. The lowest BCUT2D eigenvalue weighted by atomic mass is 10.2. The summed E-state index contributed by atoms with van der Waals surface area (Å²) in [4.78, 5) is 15.9. The van der Waals surface area contributed by atoms with E-state index in [2.05, 4.69) is 15.5 Å². The number of pyridine rings is 1. The van der Waals surface area contributed by atoms with Crippen molar-refractivity contribution in [3.8, 4) is 11.5 Å². The van der Waals surface area contributed by atoms with Gasteiger partial charge in [-0.2, -0.15) is 5.10 Å². The fourth-order valence-electron chi connectivity index (χ4n) is 2.04. The molecule has 0 saturated carbocycles. The summed E-state index contributed by atoms with van der Waals surface area (Å²) in [5.74, 6) is 0.599. The molecule has 0 spiro atoms. The SMILES string of the molecule is Nc1c(Cl)c(Cl)nc(C(=O)N/N=C\c2ccc3c(c2)OCCO3)c1Cl. The number of carbonyl (C=O) groups is 1. The third kappa shape index (κ3) is 3.73. The number of nitrogens with zero attached hydrogens (tertiary/aromatic N) is 2. The van der Waals surface area contributed by atoms with Gasteiger partial charge in [0.15, 0.2) is 22.3 Å². The third-order valence-corrected chi connectivity index (χ3v) is 4.37. The number of hydrogen-bond donors (Lipinski definition) is 2. The Morgan fingerprint density at radius 2 is 1.92 bits per heavy atom. The van der Waals surface area contributed by atoms with Crippen LogP contribution in [0.15, 0.2) is 23.3 Å². The maximum absolute atomic E-state index is 12.1. The van der Waals surface area contributed by atoms with Crippen molar-refractivity contribution in [2.45, 2.75) is 0 Å². The van der Waals surface area contributed by atoms with Crippen molar-refractivity contribution in [3.05, 3.63) is 44.7 Å². The van der Waals surface area contributed by atoms with E-state index in [9.17, 15) is 4.79 Å². The molecule has 0 saturated heterocycles. The molecule has 25 heavy (non-hydrogen) atoms. The molecule has 0 bridgehead atoms. The second kappa shape index (κ2) is 7.35. The van der Waals surface area contributed by atoms with Crippen molar-refractivity contribution in [2.75, 3.05) is 18.9 Å². The van der Waals surface area contributed by atoms with Crippen LogP contribution in [0.3, 0.4) is 0 Å². The Hall–Kier alpha value is -2.22. The number of nitrogens with two attached hydrogens (primary N) is 1. The van der Waals surface area contributed by atoms with Gasteiger partial charge in [-0.3, -0.25) is 4.79 Å². The Balaban J connectivity index is 1.73. The van der Waals surface area contributed by atoms with Gasteiger partial charge in [0, 0.05) is 0 Å². The fraction of sp³-hybridized carbons (Fsp3) is 0.133. The third-order valence-electron chi connectivity index (χ3n) is 3.23. The van der Waals surface area contributed by atoms with Crippen LogP contribution in [-0.4, -0.2) is 30.3 Å². The zero-order valence-electron chi connectivity index (χ0n) is 12.6. The Morgan fingerprint density at radius 1 is 1.20 bits per heavy atom. The first-order chi connectivity index (χ1) is 12.0. The van der Waals surface area contributed by atoms with E-state index < -0.39 is 5.91 Å². The van der Waals surface area contributed by atoms with Crippen LogP contribution in [0, 0.1) is 0 Å². The van der Waals surface area contributed by atoms with Crippen molar-refractivity contribution in [1.29, 1.82) is 0 Å². The Kier molecular flexibility index (Phi) is 5.17. The van der Waals surface area contributed by atoms with Crippen LogP contribution < -0.4 is 20.6 Å². The molecule has 0 atom stereocenters. The van der Waals surface area contributed by atoms with E-state index in [0.29, 0.717) is 30.3 Å². The van der Waals surface area contributed by atoms with Gasteiger partial charge in [0.25, 0.3) is 5.91 Å². The molecule has 0 fully saturated rings. The summed E-state index contributed by atoms with van der Waals surface area (Å²) in [7, 11) is 0. The van der Waals surface area contributed by atoms with Crippen molar-refractivity contribution in [3.63, 3.8) is 0 Å². The highest BCUT2D eigenvalue weighted by Gasteiger charge is 2.19. The van der Waals surface area contributed by atoms with E-state index in [0.717, 1.165) is 0 Å². The summed E-state index contributed by atoms with van der Waals surface area (Å²) >= 11 is 17.6. The summed E-state index contributed by atoms with van der Waals surface area (Å²) in [6.07, 6.45) is 1.44. The molecule has 0 unspecified atom stereocenters.